The molecule has 0 atom stereocenters. The number of carbonyl (C=O) groups is 2. The number of rotatable bonds is 6. The zero-order valence-corrected chi connectivity index (χ0v) is 17.7. The zero-order valence-electron chi connectivity index (χ0n) is 16.8. The van der Waals surface area contributed by atoms with Gasteiger partial charge in [-0.3, -0.25) is 0 Å². The van der Waals surface area contributed by atoms with E-state index in [2.05, 4.69) is 5.10 Å². The number of hydrogen-bond acceptors (Lipinski definition) is 9. The van der Waals surface area contributed by atoms with E-state index in [0.717, 1.165) is 29.7 Å². The second-order valence-corrected chi connectivity index (χ2v) is 7.43. The number of alkyl halides is 3. The highest BCUT2D eigenvalue weighted by atomic mass is 32.1. The minimum Gasteiger partial charge on any atom is -0.504 e. The quantitative estimate of drug-likeness (QED) is 0.510. The normalized spacial score (nSPS) is 11.1. The molecular formula is C20H15F3N4O5S. The summed E-state index contributed by atoms with van der Waals surface area (Å²) in [7, 11) is 0. The maximum atomic E-state index is 13.3. The standard InChI is InChI=1S/C20H15F3N4O5S/c1-2-31-19(30)16-11(10(7-24)17(25)33-16)9-32-18(29)15-14(28)8-27(26-15)13-6-4-3-5-12(13)20(21,22)23/h3-6,8,28H,2,9,25H2,1H3. The van der Waals surface area contributed by atoms with E-state index in [1.165, 1.54) is 12.1 Å². The van der Waals surface area contributed by atoms with Crippen LogP contribution in [0.25, 0.3) is 5.69 Å². The van der Waals surface area contributed by atoms with E-state index in [0.29, 0.717) is 4.68 Å². The van der Waals surface area contributed by atoms with Gasteiger partial charge >= 0.3 is 18.1 Å². The molecule has 0 spiro atoms. The predicted octanol–water partition coefficient (Wildman–Crippen LogP) is 3.65. The van der Waals surface area contributed by atoms with Gasteiger partial charge in [0.05, 0.1) is 29.6 Å². The third-order valence-corrected chi connectivity index (χ3v) is 5.34. The molecule has 9 nitrogen and oxygen atoms in total. The van der Waals surface area contributed by atoms with Crippen molar-refractivity contribution in [3.63, 3.8) is 0 Å². The van der Waals surface area contributed by atoms with E-state index >= 15 is 0 Å². The molecule has 0 aliphatic heterocycles. The third-order valence-electron chi connectivity index (χ3n) is 4.30. The largest absolute Gasteiger partial charge is 0.504 e. The first-order valence-corrected chi connectivity index (χ1v) is 10.0. The summed E-state index contributed by atoms with van der Waals surface area (Å²) in [6, 6.07) is 6.28. The number of hydrogen-bond donors (Lipinski definition) is 2. The van der Waals surface area contributed by atoms with Crippen molar-refractivity contribution < 1.29 is 37.3 Å². The Labute approximate surface area is 188 Å². The average Bonchev–Trinajstić information content (AvgIpc) is 3.31. The summed E-state index contributed by atoms with van der Waals surface area (Å²) in [5.41, 5.74) is 3.57. The van der Waals surface area contributed by atoms with E-state index in [1.54, 1.807) is 6.92 Å². The fourth-order valence-electron chi connectivity index (χ4n) is 2.86. The molecular weight excluding hydrogens is 465 g/mol. The Kier molecular flexibility index (Phi) is 6.59. The molecule has 33 heavy (non-hydrogen) atoms. The van der Waals surface area contributed by atoms with Crippen LogP contribution in [0.3, 0.4) is 0 Å². The second kappa shape index (κ2) is 9.21. The van der Waals surface area contributed by atoms with Gasteiger partial charge in [0, 0.05) is 5.56 Å². The molecule has 2 aromatic heterocycles. The number of nitrogens with two attached hydrogens (primary N) is 1. The van der Waals surface area contributed by atoms with E-state index in [9.17, 15) is 33.1 Å². The maximum Gasteiger partial charge on any atom is 0.418 e. The Hall–Kier alpha value is -4.05. The number of aromatic hydroxyl groups is 1. The monoisotopic (exact) mass is 480 g/mol. The number of carbonyl (C=O) groups excluding carboxylic acids is 2. The van der Waals surface area contributed by atoms with Gasteiger partial charge in [-0.1, -0.05) is 12.1 Å². The molecule has 172 valence electrons. The lowest BCUT2D eigenvalue weighted by atomic mass is 10.1. The number of esters is 2. The van der Waals surface area contributed by atoms with Gasteiger partial charge in [-0.15, -0.1) is 11.3 Å². The van der Waals surface area contributed by atoms with Crippen LogP contribution in [0.5, 0.6) is 5.75 Å². The van der Waals surface area contributed by atoms with Crippen LogP contribution in [0.15, 0.2) is 30.5 Å². The summed E-state index contributed by atoms with van der Waals surface area (Å²) >= 11 is 0.783. The Morgan fingerprint density at radius 1 is 1.27 bits per heavy atom. The fraction of sp³-hybridized carbons (Fsp3) is 0.200. The lowest BCUT2D eigenvalue weighted by molar-refractivity contribution is -0.137. The molecule has 3 aromatic rings. The van der Waals surface area contributed by atoms with Crippen molar-refractivity contribution in [1.29, 1.82) is 5.26 Å². The van der Waals surface area contributed by atoms with Crippen LogP contribution in [0.1, 0.15) is 43.8 Å². The number of nitrogens with zero attached hydrogens (tertiary/aromatic N) is 3. The number of nitrogen functional groups attached to an aromatic ring is 1. The Bertz CT molecular complexity index is 1260. The van der Waals surface area contributed by atoms with Crippen molar-refractivity contribution in [2.75, 3.05) is 12.3 Å². The molecule has 0 unspecified atom stereocenters. The fourth-order valence-corrected chi connectivity index (χ4v) is 3.78. The highest BCUT2D eigenvalue weighted by molar-refractivity contribution is 7.18. The average molecular weight is 480 g/mol. The summed E-state index contributed by atoms with van der Waals surface area (Å²) in [6.07, 6.45) is -3.87. The van der Waals surface area contributed by atoms with Crippen LogP contribution in [-0.4, -0.2) is 33.4 Å². The number of ether oxygens (including phenoxy) is 2. The molecule has 0 amide bonds. The molecule has 0 aliphatic rings. The lowest BCUT2D eigenvalue weighted by Crippen LogP contribution is -2.13. The maximum absolute atomic E-state index is 13.3. The summed E-state index contributed by atoms with van der Waals surface area (Å²) in [5, 5.41) is 23.1. The summed E-state index contributed by atoms with van der Waals surface area (Å²) < 4.78 is 50.5. The van der Waals surface area contributed by atoms with Crippen LogP contribution < -0.4 is 5.73 Å². The minimum atomic E-state index is -4.70. The van der Waals surface area contributed by atoms with E-state index < -0.39 is 47.4 Å². The minimum absolute atomic E-state index is 0.00754. The number of benzene rings is 1. The summed E-state index contributed by atoms with van der Waals surface area (Å²) in [4.78, 5) is 24.6. The predicted molar refractivity (Wildman–Crippen MR) is 109 cm³/mol. The van der Waals surface area contributed by atoms with Crippen LogP contribution >= 0.6 is 11.3 Å². The molecule has 0 saturated heterocycles. The van der Waals surface area contributed by atoms with Gasteiger partial charge in [-0.25, -0.2) is 14.3 Å². The van der Waals surface area contributed by atoms with Crippen LogP contribution in [0, 0.1) is 11.3 Å². The van der Waals surface area contributed by atoms with Crippen LogP contribution in [0.4, 0.5) is 18.2 Å². The van der Waals surface area contributed by atoms with Gasteiger partial charge < -0.3 is 20.3 Å². The first kappa shape index (κ1) is 23.6. The SMILES string of the molecule is CCOC(=O)c1sc(N)c(C#N)c1COC(=O)c1nn(-c2ccccc2C(F)(F)F)cc1O. The van der Waals surface area contributed by atoms with Gasteiger partial charge in [-0.2, -0.15) is 23.5 Å². The Morgan fingerprint density at radius 3 is 2.61 bits per heavy atom. The van der Waals surface area contributed by atoms with Crippen LogP contribution in [0.2, 0.25) is 0 Å². The van der Waals surface area contributed by atoms with Crippen molar-refractivity contribution in [2.24, 2.45) is 0 Å². The molecule has 0 bridgehead atoms. The molecule has 13 heteroatoms. The molecule has 0 aliphatic carbocycles. The highest BCUT2D eigenvalue weighted by Gasteiger charge is 2.34. The Balaban J connectivity index is 1.88. The van der Waals surface area contributed by atoms with Gasteiger partial charge in [0.2, 0.25) is 5.69 Å². The third kappa shape index (κ3) is 4.75. The van der Waals surface area contributed by atoms with E-state index in [4.69, 9.17) is 15.2 Å². The lowest BCUT2D eigenvalue weighted by Gasteiger charge is -2.12. The zero-order chi connectivity index (χ0) is 24.3. The van der Waals surface area contributed by atoms with Crippen molar-refractivity contribution in [1.82, 2.24) is 9.78 Å². The molecule has 0 radical (unpaired) electrons. The Morgan fingerprint density at radius 2 is 1.97 bits per heavy atom. The van der Waals surface area contributed by atoms with Gasteiger partial charge in [0.1, 0.15) is 22.6 Å². The molecule has 3 N–H and O–H groups in total. The number of para-hydroxylation sites is 1. The summed E-state index contributed by atoms with van der Waals surface area (Å²) in [5.74, 6) is -2.69. The molecule has 1 aromatic carbocycles. The number of thiophene rings is 1. The van der Waals surface area contributed by atoms with E-state index in [1.807, 2.05) is 6.07 Å². The molecule has 0 saturated carbocycles. The number of aromatic nitrogens is 2. The molecule has 2 heterocycles. The number of nitriles is 1. The van der Waals surface area contributed by atoms with Crippen molar-refractivity contribution in [3.05, 3.63) is 57.7 Å². The number of halogens is 3. The molecule has 0 fully saturated rings. The van der Waals surface area contributed by atoms with Gasteiger partial charge in [0.15, 0.2) is 5.75 Å². The summed E-state index contributed by atoms with van der Waals surface area (Å²) in [6.45, 7) is 1.05. The van der Waals surface area contributed by atoms with Gasteiger partial charge in [-0.05, 0) is 19.1 Å². The first-order valence-electron chi connectivity index (χ1n) is 9.19. The van der Waals surface area contributed by atoms with E-state index in [-0.39, 0.29) is 27.6 Å². The van der Waals surface area contributed by atoms with Crippen molar-refractivity contribution >= 4 is 28.3 Å². The van der Waals surface area contributed by atoms with Gasteiger partial charge in [0.25, 0.3) is 0 Å². The first-order chi connectivity index (χ1) is 15.6. The molecule has 3 rings (SSSR count). The smallest absolute Gasteiger partial charge is 0.418 e. The second-order valence-electron chi connectivity index (χ2n) is 6.38. The highest BCUT2D eigenvalue weighted by Crippen LogP contribution is 2.35. The topological polar surface area (TPSA) is 140 Å². The van der Waals surface area contributed by atoms with Crippen LogP contribution in [-0.2, 0) is 22.3 Å². The van der Waals surface area contributed by atoms with Crippen molar-refractivity contribution in [3.8, 4) is 17.5 Å². The van der Waals surface area contributed by atoms with Crippen molar-refractivity contribution in [2.45, 2.75) is 19.7 Å². The number of anilines is 1.